The summed E-state index contributed by atoms with van der Waals surface area (Å²) in [5.74, 6) is 2.21. The van der Waals surface area contributed by atoms with Crippen molar-refractivity contribution in [2.75, 3.05) is 28.2 Å². The van der Waals surface area contributed by atoms with E-state index < -0.39 is 10.0 Å². The molecule has 6 nitrogen and oxygen atoms in total. The molecule has 7 heteroatoms. The molecule has 0 unspecified atom stereocenters. The number of nitrogens with zero attached hydrogens (tertiary/aromatic N) is 1. The Balaban J connectivity index is 1.29. The molecule has 5 atom stereocenters. The van der Waals surface area contributed by atoms with E-state index in [-0.39, 0.29) is 5.91 Å². The first-order valence-electron chi connectivity index (χ1n) is 12.6. The molecule has 1 amide bonds. The lowest BCUT2D eigenvalue weighted by Gasteiger charge is -2.43. The molecule has 3 aliphatic rings. The zero-order valence-corrected chi connectivity index (χ0v) is 21.3. The zero-order valence-electron chi connectivity index (χ0n) is 20.5. The highest BCUT2D eigenvalue weighted by atomic mass is 32.2. The van der Waals surface area contributed by atoms with Gasteiger partial charge in [0.1, 0.15) is 0 Å². The number of carbonyl (C=O) groups is 1. The molecule has 2 bridgehead atoms. The number of anilines is 3. The van der Waals surface area contributed by atoms with Crippen LogP contribution in [0.2, 0.25) is 0 Å². The number of hydrogen-bond donors (Lipinski definition) is 2. The highest BCUT2D eigenvalue weighted by Crippen LogP contribution is 2.63. The van der Waals surface area contributed by atoms with Crippen LogP contribution in [0.25, 0.3) is 0 Å². The van der Waals surface area contributed by atoms with E-state index in [0.717, 1.165) is 17.9 Å². The monoisotopic (exact) mass is 501 g/mol. The van der Waals surface area contributed by atoms with Crippen molar-refractivity contribution in [2.45, 2.75) is 31.2 Å². The van der Waals surface area contributed by atoms with Crippen molar-refractivity contribution in [3.05, 3.63) is 89.5 Å². The Morgan fingerprint density at radius 1 is 0.972 bits per heavy atom. The molecule has 2 saturated carbocycles. The van der Waals surface area contributed by atoms with Crippen molar-refractivity contribution in [2.24, 2.45) is 17.8 Å². The maximum Gasteiger partial charge on any atom is 0.255 e. The number of benzene rings is 3. The van der Waals surface area contributed by atoms with Gasteiger partial charge in [0.15, 0.2) is 0 Å². The Morgan fingerprint density at radius 3 is 2.53 bits per heavy atom. The van der Waals surface area contributed by atoms with Gasteiger partial charge in [0.25, 0.3) is 5.91 Å². The minimum atomic E-state index is -3.39. The lowest BCUT2D eigenvalue weighted by Crippen LogP contribution is -2.35. The molecular weight excluding hydrogens is 470 g/mol. The van der Waals surface area contributed by atoms with Crippen molar-refractivity contribution >= 4 is 33.0 Å². The Morgan fingerprint density at radius 2 is 1.75 bits per heavy atom. The van der Waals surface area contributed by atoms with Gasteiger partial charge >= 0.3 is 0 Å². The van der Waals surface area contributed by atoms with Gasteiger partial charge < -0.3 is 10.6 Å². The molecule has 0 spiro atoms. The first kappa shape index (κ1) is 23.1. The normalized spacial score (nSPS) is 26.0. The molecule has 1 heterocycles. The number of fused-ring (bicyclic) bond motifs is 7. The highest BCUT2D eigenvalue weighted by Gasteiger charge is 2.53. The van der Waals surface area contributed by atoms with Gasteiger partial charge in [-0.05, 0) is 90.5 Å². The van der Waals surface area contributed by atoms with Crippen molar-refractivity contribution in [1.29, 1.82) is 0 Å². The smallest absolute Gasteiger partial charge is 0.255 e. The SMILES string of the molecule is CN(c1cccc(NC(=O)c2ccc3c(c2)[C@@H]2[C@H]4CC[C@@H](C4)[C@@H]2[C@H](c2ccccc2)N3)c1)S(C)(=O)=O. The van der Waals surface area contributed by atoms with Crippen LogP contribution < -0.4 is 14.9 Å². The molecule has 186 valence electrons. The third-order valence-corrected chi connectivity index (χ3v) is 9.68. The maximum absolute atomic E-state index is 13.3. The lowest BCUT2D eigenvalue weighted by atomic mass is 9.68. The van der Waals surface area contributed by atoms with Crippen LogP contribution in [0.15, 0.2) is 72.8 Å². The van der Waals surface area contributed by atoms with Crippen LogP contribution in [0.3, 0.4) is 0 Å². The number of amides is 1. The fourth-order valence-electron chi connectivity index (χ4n) is 6.79. The van der Waals surface area contributed by atoms with E-state index >= 15 is 0 Å². The topological polar surface area (TPSA) is 78.5 Å². The van der Waals surface area contributed by atoms with Gasteiger partial charge in [0.2, 0.25) is 10.0 Å². The summed E-state index contributed by atoms with van der Waals surface area (Å²) in [7, 11) is -1.89. The van der Waals surface area contributed by atoms with Crippen LogP contribution in [0.5, 0.6) is 0 Å². The maximum atomic E-state index is 13.3. The van der Waals surface area contributed by atoms with E-state index in [2.05, 4.69) is 53.1 Å². The summed E-state index contributed by atoms with van der Waals surface area (Å²) in [4.78, 5) is 13.3. The van der Waals surface area contributed by atoms with Crippen LogP contribution in [-0.4, -0.2) is 27.6 Å². The van der Waals surface area contributed by atoms with Crippen molar-refractivity contribution in [3.8, 4) is 0 Å². The molecular formula is C29H31N3O3S. The summed E-state index contributed by atoms with van der Waals surface area (Å²) in [6.07, 6.45) is 5.00. The van der Waals surface area contributed by atoms with E-state index in [1.165, 1.54) is 41.7 Å². The summed E-state index contributed by atoms with van der Waals surface area (Å²) < 4.78 is 25.0. The summed E-state index contributed by atoms with van der Waals surface area (Å²) in [6.45, 7) is 0. The molecule has 3 aromatic carbocycles. The minimum absolute atomic E-state index is 0.193. The molecule has 3 aromatic rings. The largest absolute Gasteiger partial charge is 0.378 e. The average molecular weight is 502 g/mol. The summed E-state index contributed by atoms with van der Waals surface area (Å²) >= 11 is 0. The Bertz CT molecular complexity index is 1420. The van der Waals surface area contributed by atoms with Crippen molar-refractivity contribution in [1.82, 2.24) is 0 Å². The van der Waals surface area contributed by atoms with Crippen LogP contribution in [0.1, 0.15) is 52.7 Å². The first-order chi connectivity index (χ1) is 17.3. The van der Waals surface area contributed by atoms with E-state index in [0.29, 0.717) is 40.7 Å². The van der Waals surface area contributed by atoms with Gasteiger partial charge in [0.05, 0.1) is 18.0 Å². The molecule has 2 aliphatic carbocycles. The number of hydrogen-bond acceptors (Lipinski definition) is 4. The van der Waals surface area contributed by atoms with E-state index in [9.17, 15) is 13.2 Å². The predicted octanol–water partition coefficient (Wildman–Crippen LogP) is 5.63. The molecule has 0 radical (unpaired) electrons. The fraction of sp³-hybridized carbons (Fsp3) is 0.345. The third-order valence-electron chi connectivity index (χ3n) is 8.47. The molecule has 0 saturated heterocycles. The standard InChI is InChI=1S/C29H31N3O3S/c1-32(36(2,34)35)23-10-6-9-22(17-23)30-29(33)21-13-14-25-24(16-21)26-19-11-12-20(15-19)27(26)28(31-25)18-7-4-3-5-8-18/h3-10,13-14,16-17,19-20,26-28,31H,11-12,15H2,1-2H3,(H,30,33)/t19-,20-,26-,27-,28-/m0/s1. The third kappa shape index (κ3) is 3.95. The Labute approximate surface area is 212 Å². The molecule has 1 aliphatic heterocycles. The van der Waals surface area contributed by atoms with Crippen molar-refractivity contribution < 1.29 is 13.2 Å². The average Bonchev–Trinajstić information content (AvgIpc) is 3.50. The quantitative estimate of drug-likeness (QED) is 0.475. The van der Waals surface area contributed by atoms with E-state index in [1.807, 2.05) is 6.07 Å². The molecule has 2 N–H and O–H groups in total. The second-order valence-electron chi connectivity index (χ2n) is 10.5. The van der Waals surface area contributed by atoms with E-state index in [1.54, 1.807) is 24.3 Å². The predicted molar refractivity (Wildman–Crippen MR) is 144 cm³/mol. The number of sulfonamides is 1. The second-order valence-corrected chi connectivity index (χ2v) is 12.5. The highest BCUT2D eigenvalue weighted by molar-refractivity contribution is 7.92. The number of rotatable bonds is 5. The number of carbonyl (C=O) groups excluding carboxylic acids is 1. The molecule has 36 heavy (non-hydrogen) atoms. The van der Waals surface area contributed by atoms with E-state index in [4.69, 9.17) is 0 Å². The van der Waals surface area contributed by atoms with Crippen LogP contribution in [0, 0.1) is 17.8 Å². The van der Waals surface area contributed by atoms with Crippen molar-refractivity contribution in [3.63, 3.8) is 0 Å². The fourth-order valence-corrected chi connectivity index (χ4v) is 7.29. The Kier molecular flexibility index (Phi) is 5.56. The van der Waals surface area contributed by atoms with Gasteiger partial charge in [-0.1, -0.05) is 36.4 Å². The van der Waals surface area contributed by atoms with Crippen LogP contribution in [-0.2, 0) is 10.0 Å². The first-order valence-corrected chi connectivity index (χ1v) is 14.4. The molecule has 0 aromatic heterocycles. The van der Waals surface area contributed by atoms with Gasteiger partial charge in [-0.3, -0.25) is 9.10 Å². The van der Waals surface area contributed by atoms with Crippen LogP contribution >= 0.6 is 0 Å². The lowest BCUT2D eigenvalue weighted by molar-refractivity contribution is 0.102. The summed E-state index contributed by atoms with van der Waals surface area (Å²) in [5.41, 5.74) is 5.42. The van der Waals surface area contributed by atoms with Gasteiger partial charge in [-0.25, -0.2) is 8.42 Å². The summed E-state index contributed by atoms with van der Waals surface area (Å²) in [5, 5.41) is 6.78. The molecule has 6 rings (SSSR count). The minimum Gasteiger partial charge on any atom is -0.378 e. The van der Waals surface area contributed by atoms with Gasteiger partial charge in [-0.15, -0.1) is 0 Å². The van der Waals surface area contributed by atoms with Crippen LogP contribution in [0.4, 0.5) is 17.1 Å². The number of nitrogens with one attached hydrogen (secondary N) is 2. The molecule has 2 fully saturated rings. The Hall–Kier alpha value is -3.32. The zero-order chi connectivity index (χ0) is 25.0. The summed E-state index contributed by atoms with van der Waals surface area (Å²) in [6, 6.07) is 24.0. The van der Waals surface area contributed by atoms with Gasteiger partial charge in [0, 0.05) is 24.0 Å². The van der Waals surface area contributed by atoms with Gasteiger partial charge in [-0.2, -0.15) is 0 Å². The second kappa shape index (κ2) is 8.66.